The highest BCUT2D eigenvalue weighted by molar-refractivity contribution is 9.10. The van der Waals surface area contributed by atoms with Crippen molar-refractivity contribution in [1.29, 1.82) is 0 Å². The Labute approximate surface area is 129 Å². The molecule has 1 unspecified atom stereocenters. The zero-order valence-corrected chi connectivity index (χ0v) is 13.9. The highest BCUT2D eigenvalue weighted by Gasteiger charge is 2.19. The lowest BCUT2D eigenvalue weighted by Crippen LogP contribution is -2.36. The molecule has 0 amide bonds. The van der Waals surface area contributed by atoms with Crippen molar-refractivity contribution in [2.45, 2.75) is 32.3 Å². The van der Waals surface area contributed by atoms with E-state index < -0.39 is 6.10 Å². The number of aliphatic hydroxyl groups excluding tert-OH is 1. The Balaban J connectivity index is 1.83. The predicted octanol–water partition coefficient (Wildman–Crippen LogP) is 1.89. The molecule has 1 aliphatic rings. The average molecular weight is 346 g/mol. The zero-order chi connectivity index (χ0) is 14.5. The molecule has 2 rings (SSSR count). The Bertz CT molecular complexity index is 430. The monoisotopic (exact) mass is 345 g/mol. The fourth-order valence-electron chi connectivity index (χ4n) is 2.62. The van der Waals surface area contributed by atoms with E-state index in [4.69, 9.17) is 4.74 Å². The molecule has 0 aromatic carbocycles. The van der Waals surface area contributed by atoms with Crippen LogP contribution in [0.5, 0.6) is 0 Å². The van der Waals surface area contributed by atoms with Gasteiger partial charge in [0.1, 0.15) is 5.69 Å². The first-order chi connectivity index (χ1) is 9.63. The molecule has 0 saturated carbocycles. The first-order valence-corrected chi connectivity index (χ1v) is 8.12. The average Bonchev–Trinajstić information content (AvgIpc) is 2.74. The standard InChI is InChI=1S/C14H24BrN3O2/c1-3-11-13(15)14(16-17(11)2)12(19)5-4-6-18-7-9-20-10-8-18/h12,19H,3-10H2,1-2H3. The highest BCUT2D eigenvalue weighted by Crippen LogP contribution is 2.28. The summed E-state index contributed by atoms with van der Waals surface area (Å²) in [4.78, 5) is 2.39. The van der Waals surface area contributed by atoms with Gasteiger partial charge in [-0.15, -0.1) is 0 Å². The van der Waals surface area contributed by atoms with Crippen molar-refractivity contribution in [1.82, 2.24) is 14.7 Å². The maximum atomic E-state index is 10.3. The lowest BCUT2D eigenvalue weighted by molar-refractivity contribution is 0.0351. The number of nitrogens with zero attached hydrogens (tertiary/aromatic N) is 3. The Morgan fingerprint density at radius 3 is 2.70 bits per heavy atom. The molecule has 5 nitrogen and oxygen atoms in total. The second-order valence-corrected chi connectivity index (χ2v) is 6.03. The second-order valence-electron chi connectivity index (χ2n) is 5.24. The van der Waals surface area contributed by atoms with Gasteiger partial charge in [0.15, 0.2) is 0 Å². The number of rotatable bonds is 6. The number of aliphatic hydroxyl groups is 1. The van der Waals surface area contributed by atoms with Gasteiger partial charge in [-0.3, -0.25) is 9.58 Å². The molecular formula is C14H24BrN3O2. The summed E-state index contributed by atoms with van der Waals surface area (Å²) in [6.07, 6.45) is 2.14. The van der Waals surface area contributed by atoms with Crippen molar-refractivity contribution in [3.63, 3.8) is 0 Å². The van der Waals surface area contributed by atoms with Crippen LogP contribution in [0.25, 0.3) is 0 Å². The van der Waals surface area contributed by atoms with Gasteiger partial charge in [-0.1, -0.05) is 6.92 Å². The van der Waals surface area contributed by atoms with Crippen LogP contribution in [0.1, 0.15) is 37.3 Å². The Morgan fingerprint density at radius 2 is 2.10 bits per heavy atom. The second kappa shape index (κ2) is 7.54. The molecule has 1 aromatic rings. The fourth-order valence-corrected chi connectivity index (χ4v) is 3.50. The van der Waals surface area contributed by atoms with Gasteiger partial charge >= 0.3 is 0 Å². The van der Waals surface area contributed by atoms with Gasteiger partial charge in [-0.05, 0) is 41.7 Å². The summed E-state index contributed by atoms with van der Waals surface area (Å²) >= 11 is 3.56. The van der Waals surface area contributed by atoms with Gasteiger partial charge in [-0.2, -0.15) is 5.10 Å². The minimum Gasteiger partial charge on any atom is -0.387 e. The molecule has 1 aromatic heterocycles. The van der Waals surface area contributed by atoms with E-state index in [9.17, 15) is 5.11 Å². The molecule has 2 heterocycles. The van der Waals surface area contributed by atoms with Gasteiger partial charge in [0.2, 0.25) is 0 Å². The van der Waals surface area contributed by atoms with Crippen LogP contribution < -0.4 is 0 Å². The largest absolute Gasteiger partial charge is 0.387 e. The lowest BCUT2D eigenvalue weighted by atomic mass is 10.1. The minimum atomic E-state index is -0.489. The van der Waals surface area contributed by atoms with Crippen LogP contribution in [0, 0.1) is 0 Å². The van der Waals surface area contributed by atoms with Gasteiger partial charge in [0, 0.05) is 20.1 Å². The molecule has 0 spiro atoms. The first-order valence-electron chi connectivity index (χ1n) is 7.33. The SMILES string of the molecule is CCc1c(Br)c(C(O)CCCN2CCOCC2)nn1C. The normalized spacial score (nSPS) is 18.4. The van der Waals surface area contributed by atoms with Crippen molar-refractivity contribution >= 4 is 15.9 Å². The highest BCUT2D eigenvalue weighted by atomic mass is 79.9. The van der Waals surface area contributed by atoms with Crippen molar-refractivity contribution < 1.29 is 9.84 Å². The molecule has 0 radical (unpaired) electrons. The van der Waals surface area contributed by atoms with Crippen LogP contribution in [0.3, 0.4) is 0 Å². The van der Waals surface area contributed by atoms with E-state index in [1.54, 1.807) is 0 Å². The van der Waals surface area contributed by atoms with Crippen LogP contribution in [0.15, 0.2) is 4.47 Å². The summed E-state index contributed by atoms with van der Waals surface area (Å²) in [7, 11) is 1.92. The fraction of sp³-hybridized carbons (Fsp3) is 0.786. The summed E-state index contributed by atoms with van der Waals surface area (Å²) < 4.78 is 8.14. The van der Waals surface area contributed by atoms with E-state index in [1.807, 2.05) is 11.7 Å². The number of aromatic nitrogens is 2. The van der Waals surface area contributed by atoms with E-state index in [0.717, 1.165) is 68.0 Å². The minimum absolute atomic E-state index is 0.489. The molecule has 1 atom stereocenters. The Hall–Kier alpha value is -0.430. The predicted molar refractivity (Wildman–Crippen MR) is 81.7 cm³/mol. The molecule has 20 heavy (non-hydrogen) atoms. The van der Waals surface area contributed by atoms with Crippen LogP contribution in [-0.2, 0) is 18.2 Å². The molecule has 0 aliphatic carbocycles. The van der Waals surface area contributed by atoms with Gasteiger partial charge < -0.3 is 9.84 Å². The molecule has 6 heteroatoms. The van der Waals surface area contributed by atoms with E-state index >= 15 is 0 Å². The summed E-state index contributed by atoms with van der Waals surface area (Å²) in [5.41, 5.74) is 1.90. The third-order valence-corrected chi connectivity index (χ3v) is 4.70. The molecule has 114 valence electrons. The van der Waals surface area contributed by atoms with Crippen molar-refractivity contribution in [2.24, 2.45) is 7.05 Å². The van der Waals surface area contributed by atoms with Crippen LogP contribution in [0.2, 0.25) is 0 Å². The molecule has 1 fully saturated rings. The van der Waals surface area contributed by atoms with Crippen molar-refractivity contribution in [3.8, 4) is 0 Å². The maximum Gasteiger partial charge on any atom is 0.105 e. The first kappa shape index (κ1) is 15.9. The Kier molecular flexibility index (Phi) is 6.01. The maximum absolute atomic E-state index is 10.3. The number of aryl methyl sites for hydroxylation is 1. The van der Waals surface area contributed by atoms with Gasteiger partial charge in [-0.25, -0.2) is 0 Å². The van der Waals surface area contributed by atoms with Crippen LogP contribution in [-0.4, -0.2) is 52.6 Å². The lowest BCUT2D eigenvalue weighted by Gasteiger charge is -2.26. The number of morpholine rings is 1. The topological polar surface area (TPSA) is 50.5 Å². The van der Waals surface area contributed by atoms with Gasteiger partial charge in [0.25, 0.3) is 0 Å². The summed E-state index contributed by atoms with van der Waals surface area (Å²) in [5.74, 6) is 0. The van der Waals surface area contributed by atoms with Crippen molar-refractivity contribution in [2.75, 3.05) is 32.8 Å². The Morgan fingerprint density at radius 1 is 1.40 bits per heavy atom. The number of halogens is 1. The number of hydrogen-bond donors (Lipinski definition) is 1. The third-order valence-electron chi connectivity index (χ3n) is 3.83. The van der Waals surface area contributed by atoms with Crippen LogP contribution in [0.4, 0.5) is 0 Å². The summed E-state index contributed by atoms with van der Waals surface area (Å²) in [5, 5.41) is 14.7. The molecule has 1 saturated heterocycles. The molecule has 1 N–H and O–H groups in total. The van der Waals surface area contributed by atoms with Gasteiger partial charge in [0.05, 0.1) is 29.5 Å². The molecule has 0 bridgehead atoms. The quantitative estimate of drug-likeness (QED) is 0.855. The number of hydrogen-bond acceptors (Lipinski definition) is 4. The van der Waals surface area contributed by atoms with E-state index in [2.05, 4.69) is 32.9 Å². The zero-order valence-electron chi connectivity index (χ0n) is 12.3. The summed E-state index contributed by atoms with van der Waals surface area (Å²) in [6, 6.07) is 0. The number of ether oxygens (including phenoxy) is 1. The van der Waals surface area contributed by atoms with E-state index in [1.165, 1.54) is 0 Å². The third kappa shape index (κ3) is 3.81. The van der Waals surface area contributed by atoms with E-state index in [0.29, 0.717) is 0 Å². The molecule has 1 aliphatic heterocycles. The van der Waals surface area contributed by atoms with Crippen molar-refractivity contribution in [3.05, 3.63) is 15.9 Å². The molecular weight excluding hydrogens is 322 g/mol. The smallest absolute Gasteiger partial charge is 0.105 e. The summed E-state index contributed by atoms with van der Waals surface area (Å²) in [6.45, 7) is 6.77. The van der Waals surface area contributed by atoms with E-state index in [-0.39, 0.29) is 0 Å². The van der Waals surface area contributed by atoms with Crippen LogP contribution >= 0.6 is 15.9 Å².